The van der Waals surface area contributed by atoms with Crippen LogP contribution in [0.2, 0.25) is 0 Å². The molecule has 0 aliphatic rings. The van der Waals surface area contributed by atoms with E-state index in [-0.39, 0.29) is 11.3 Å². The van der Waals surface area contributed by atoms with E-state index in [0.29, 0.717) is 5.56 Å². The fourth-order valence-corrected chi connectivity index (χ4v) is 2.02. The highest BCUT2D eigenvalue weighted by Crippen LogP contribution is 2.08. The molecule has 0 aromatic heterocycles. The summed E-state index contributed by atoms with van der Waals surface area (Å²) < 4.78 is 21.9. The number of benzene rings is 1. The molecule has 4 N–H and O–H groups in total. The number of primary sulfonamides is 1. The van der Waals surface area contributed by atoms with Gasteiger partial charge in [-0.2, -0.15) is 0 Å². The van der Waals surface area contributed by atoms with E-state index in [4.69, 9.17) is 10.2 Å². The maximum Gasteiger partial charge on any atom is 0.325 e. The topological polar surface area (TPSA) is 127 Å². The maximum atomic E-state index is 11.7. The molecular weight excluding hydrogens is 272 g/mol. The van der Waals surface area contributed by atoms with Gasteiger partial charge in [0.15, 0.2) is 0 Å². The van der Waals surface area contributed by atoms with Crippen molar-refractivity contribution in [2.24, 2.45) is 5.14 Å². The molecule has 1 rings (SSSR count). The highest BCUT2D eigenvalue weighted by molar-refractivity contribution is 7.88. The second-order valence-corrected chi connectivity index (χ2v) is 5.66. The highest BCUT2D eigenvalue weighted by atomic mass is 32.2. The fourth-order valence-electron chi connectivity index (χ4n) is 1.38. The molecule has 0 bridgehead atoms. The Labute approximate surface area is 110 Å². The number of carbonyl (C=O) groups is 2. The molecule has 8 heteroatoms. The van der Waals surface area contributed by atoms with Crippen molar-refractivity contribution in [2.75, 3.05) is 0 Å². The summed E-state index contributed by atoms with van der Waals surface area (Å²) in [6.07, 6.45) is 0. The third kappa shape index (κ3) is 5.06. The first kappa shape index (κ1) is 15.1. The third-order valence-corrected chi connectivity index (χ3v) is 3.01. The minimum Gasteiger partial charge on any atom is -0.480 e. The van der Waals surface area contributed by atoms with Crippen molar-refractivity contribution in [3.8, 4) is 0 Å². The van der Waals surface area contributed by atoms with Crippen molar-refractivity contribution in [3.63, 3.8) is 0 Å². The van der Waals surface area contributed by atoms with Crippen LogP contribution in [-0.2, 0) is 20.6 Å². The highest BCUT2D eigenvalue weighted by Gasteiger charge is 2.15. The Morgan fingerprint density at radius 2 is 2.05 bits per heavy atom. The van der Waals surface area contributed by atoms with Gasteiger partial charge in [-0.3, -0.25) is 9.59 Å². The van der Waals surface area contributed by atoms with E-state index >= 15 is 0 Å². The fraction of sp³-hybridized carbons (Fsp3) is 0.273. The van der Waals surface area contributed by atoms with Gasteiger partial charge in [-0.25, -0.2) is 13.6 Å². The number of rotatable bonds is 5. The molecule has 0 spiro atoms. The van der Waals surface area contributed by atoms with Gasteiger partial charge < -0.3 is 10.4 Å². The zero-order valence-corrected chi connectivity index (χ0v) is 11.0. The molecule has 0 saturated heterocycles. The molecule has 1 aromatic carbocycles. The first-order valence-electron chi connectivity index (χ1n) is 5.32. The van der Waals surface area contributed by atoms with Crippen molar-refractivity contribution < 1.29 is 23.1 Å². The molecule has 0 radical (unpaired) electrons. The average Bonchev–Trinajstić information content (AvgIpc) is 2.26. The zero-order valence-electron chi connectivity index (χ0n) is 10.2. The molecule has 19 heavy (non-hydrogen) atoms. The summed E-state index contributed by atoms with van der Waals surface area (Å²) in [6.45, 7) is 1.33. The standard InChI is InChI=1S/C11H14N2O5S/c1-7(11(15)16)13-10(14)9-4-2-3-8(5-9)6-19(12,17)18/h2-5,7H,6H2,1H3,(H,13,14)(H,15,16)(H2,12,17,18). The summed E-state index contributed by atoms with van der Waals surface area (Å²) in [5.74, 6) is -2.14. The lowest BCUT2D eigenvalue weighted by Gasteiger charge is -2.09. The van der Waals surface area contributed by atoms with Gasteiger partial charge in [0.25, 0.3) is 5.91 Å². The van der Waals surface area contributed by atoms with Gasteiger partial charge in [-0.05, 0) is 24.6 Å². The van der Waals surface area contributed by atoms with Crippen LogP contribution in [-0.4, -0.2) is 31.4 Å². The summed E-state index contributed by atoms with van der Waals surface area (Å²) in [5, 5.41) is 15.8. The van der Waals surface area contributed by atoms with Crippen LogP contribution in [0.5, 0.6) is 0 Å². The number of amides is 1. The lowest BCUT2D eigenvalue weighted by molar-refractivity contribution is -0.138. The number of sulfonamides is 1. The van der Waals surface area contributed by atoms with Gasteiger partial charge >= 0.3 is 5.97 Å². The molecule has 7 nitrogen and oxygen atoms in total. The Bertz CT molecular complexity index is 597. The molecule has 1 unspecified atom stereocenters. The summed E-state index contributed by atoms with van der Waals surface area (Å²) in [4.78, 5) is 22.3. The predicted molar refractivity (Wildman–Crippen MR) is 67.8 cm³/mol. The smallest absolute Gasteiger partial charge is 0.325 e. The van der Waals surface area contributed by atoms with Crippen molar-refractivity contribution >= 4 is 21.9 Å². The number of hydrogen-bond donors (Lipinski definition) is 3. The van der Waals surface area contributed by atoms with Gasteiger partial charge in [0.2, 0.25) is 10.0 Å². The van der Waals surface area contributed by atoms with Crippen LogP contribution in [0.4, 0.5) is 0 Å². The first-order valence-corrected chi connectivity index (χ1v) is 7.03. The predicted octanol–water partition coefficient (Wildman–Crippen LogP) is -0.322. The average molecular weight is 286 g/mol. The zero-order chi connectivity index (χ0) is 14.6. The van der Waals surface area contributed by atoms with Crippen LogP contribution < -0.4 is 10.5 Å². The van der Waals surface area contributed by atoms with Crippen LogP contribution in [0.15, 0.2) is 24.3 Å². The number of hydrogen-bond acceptors (Lipinski definition) is 4. The Balaban J connectivity index is 2.87. The molecule has 0 saturated carbocycles. The van der Waals surface area contributed by atoms with E-state index in [9.17, 15) is 18.0 Å². The van der Waals surface area contributed by atoms with Gasteiger partial charge in [0.05, 0.1) is 5.75 Å². The lowest BCUT2D eigenvalue weighted by Crippen LogP contribution is -2.38. The third-order valence-electron chi connectivity index (χ3n) is 2.28. The van der Waals surface area contributed by atoms with E-state index < -0.39 is 27.9 Å². The van der Waals surface area contributed by atoms with E-state index in [1.165, 1.54) is 31.2 Å². The quantitative estimate of drug-likeness (QED) is 0.683. The van der Waals surface area contributed by atoms with Crippen LogP contribution in [0, 0.1) is 0 Å². The van der Waals surface area contributed by atoms with Crippen molar-refractivity contribution in [3.05, 3.63) is 35.4 Å². The molecule has 1 amide bonds. The number of carboxylic acid groups (broad SMARTS) is 1. The van der Waals surface area contributed by atoms with Gasteiger partial charge in [0, 0.05) is 5.56 Å². The van der Waals surface area contributed by atoms with E-state index in [2.05, 4.69) is 5.32 Å². The van der Waals surface area contributed by atoms with Crippen LogP contribution in [0.3, 0.4) is 0 Å². The summed E-state index contributed by atoms with van der Waals surface area (Å²) >= 11 is 0. The normalized spacial score (nSPS) is 12.7. The number of nitrogens with one attached hydrogen (secondary N) is 1. The summed E-state index contributed by atoms with van der Waals surface area (Å²) in [5.41, 5.74) is 0.535. The Morgan fingerprint density at radius 1 is 1.42 bits per heavy atom. The first-order chi connectivity index (χ1) is 8.69. The summed E-state index contributed by atoms with van der Waals surface area (Å²) in [6, 6.07) is 4.79. The minimum absolute atomic E-state index is 0.175. The SMILES string of the molecule is CC(NC(=O)c1cccc(CS(N)(=O)=O)c1)C(=O)O. The number of nitrogens with two attached hydrogens (primary N) is 1. The van der Waals surface area contributed by atoms with Crippen LogP contribution >= 0.6 is 0 Å². The van der Waals surface area contributed by atoms with E-state index in [1.54, 1.807) is 0 Å². The van der Waals surface area contributed by atoms with E-state index in [1.807, 2.05) is 0 Å². The molecular formula is C11H14N2O5S. The second-order valence-electron chi connectivity index (χ2n) is 4.04. The molecule has 1 aromatic rings. The van der Waals surface area contributed by atoms with Gasteiger partial charge in [-0.1, -0.05) is 12.1 Å². The van der Waals surface area contributed by atoms with Crippen molar-refractivity contribution in [1.29, 1.82) is 0 Å². The number of carbonyl (C=O) groups excluding carboxylic acids is 1. The number of carboxylic acids is 1. The number of aliphatic carboxylic acids is 1. The van der Waals surface area contributed by atoms with Gasteiger partial charge in [-0.15, -0.1) is 0 Å². The molecule has 104 valence electrons. The Hall–Kier alpha value is -1.93. The largest absolute Gasteiger partial charge is 0.480 e. The Morgan fingerprint density at radius 3 is 2.58 bits per heavy atom. The van der Waals surface area contributed by atoms with Crippen molar-refractivity contribution in [1.82, 2.24) is 5.32 Å². The van der Waals surface area contributed by atoms with Gasteiger partial charge in [0.1, 0.15) is 6.04 Å². The van der Waals surface area contributed by atoms with E-state index in [0.717, 1.165) is 0 Å². The lowest BCUT2D eigenvalue weighted by atomic mass is 10.1. The summed E-state index contributed by atoms with van der Waals surface area (Å²) in [7, 11) is -3.68. The molecule has 1 atom stereocenters. The molecule has 0 fully saturated rings. The monoisotopic (exact) mass is 286 g/mol. The molecule has 0 heterocycles. The second kappa shape index (κ2) is 5.81. The van der Waals surface area contributed by atoms with Crippen LogP contribution in [0.25, 0.3) is 0 Å². The maximum absolute atomic E-state index is 11.7. The molecule has 0 aliphatic heterocycles. The Kier molecular flexibility index (Phi) is 4.62. The minimum atomic E-state index is -3.68. The molecule has 0 aliphatic carbocycles. The van der Waals surface area contributed by atoms with Crippen LogP contribution in [0.1, 0.15) is 22.8 Å². The van der Waals surface area contributed by atoms with Crippen molar-refractivity contribution in [2.45, 2.75) is 18.7 Å².